The van der Waals surface area contributed by atoms with Crippen LogP contribution in [0.4, 0.5) is 0 Å². The number of hydrogen-bond donors (Lipinski definition) is 1. The standard InChI is InChI=1S/C15H24N2OS/c1-18-14-7-8-17(13(11-14)12-16)9-10-19-15-5-3-2-4-6-15/h2-6,13-14H,7-12,16H2,1H3. The molecular weight excluding hydrogens is 256 g/mol. The van der Waals surface area contributed by atoms with E-state index in [-0.39, 0.29) is 0 Å². The number of piperidine rings is 1. The Hall–Kier alpha value is -0.550. The van der Waals surface area contributed by atoms with Crippen molar-refractivity contribution < 1.29 is 4.74 Å². The van der Waals surface area contributed by atoms with E-state index in [0.717, 1.165) is 38.2 Å². The Bertz CT molecular complexity index is 360. The van der Waals surface area contributed by atoms with E-state index in [9.17, 15) is 0 Å². The molecule has 1 aliphatic heterocycles. The Morgan fingerprint density at radius 3 is 2.84 bits per heavy atom. The van der Waals surface area contributed by atoms with Gasteiger partial charge in [-0.15, -0.1) is 11.8 Å². The van der Waals surface area contributed by atoms with Crippen LogP contribution in [0.15, 0.2) is 35.2 Å². The second kappa shape index (κ2) is 7.90. The molecule has 1 aromatic rings. The third-order valence-corrected chi connectivity index (χ3v) is 4.78. The van der Waals surface area contributed by atoms with Gasteiger partial charge in [0.1, 0.15) is 0 Å². The van der Waals surface area contributed by atoms with E-state index in [1.54, 1.807) is 7.11 Å². The Labute approximate surface area is 120 Å². The van der Waals surface area contributed by atoms with Crippen molar-refractivity contribution >= 4 is 11.8 Å². The van der Waals surface area contributed by atoms with Gasteiger partial charge in [-0.2, -0.15) is 0 Å². The molecule has 1 aromatic carbocycles. The van der Waals surface area contributed by atoms with Gasteiger partial charge >= 0.3 is 0 Å². The minimum Gasteiger partial charge on any atom is -0.381 e. The Morgan fingerprint density at radius 1 is 1.37 bits per heavy atom. The van der Waals surface area contributed by atoms with Crippen molar-refractivity contribution in [2.75, 3.05) is 32.5 Å². The summed E-state index contributed by atoms with van der Waals surface area (Å²) in [5.74, 6) is 1.12. The number of nitrogens with two attached hydrogens (primary N) is 1. The normalized spacial score (nSPS) is 24.5. The van der Waals surface area contributed by atoms with E-state index in [1.165, 1.54) is 4.90 Å². The van der Waals surface area contributed by atoms with E-state index in [2.05, 4.69) is 35.2 Å². The van der Waals surface area contributed by atoms with Crippen LogP contribution in [-0.2, 0) is 4.74 Å². The van der Waals surface area contributed by atoms with Gasteiger partial charge < -0.3 is 10.5 Å². The molecule has 0 amide bonds. The van der Waals surface area contributed by atoms with Crippen LogP contribution in [0.3, 0.4) is 0 Å². The number of nitrogens with zero attached hydrogens (tertiary/aromatic N) is 1. The molecule has 1 aliphatic rings. The van der Waals surface area contributed by atoms with Crippen molar-refractivity contribution in [3.8, 4) is 0 Å². The van der Waals surface area contributed by atoms with Crippen molar-refractivity contribution in [3.05, 3.63) is 30.3 Å². The average molecular weight is 280 g/mol. The Kier molecular flexibility index (Phi) is 6.17. The summed E-state index contributed by atoms with van der Waals surface area (Å²) < 4.78 is 5.46. The van der Waals surface area contributed by atoms with Crippen molar-refractivity contribution in [2.45, 2.75) is 29.9 Å². The fourth-order valence-corrected chi connectivity index (χ4v) is 3.53. The SMILES string of the molecule is COC1CCN(CCSc2ccccc2)C(CN)C1. The fourth-order valence-electron chi connectivity index (χ4n) is 2.61. The molecule has 4 heteroatoms. The molecule has 0 radical (unpaired) electrons. The first-order valence-corrected chi connectivity index (χ1v) is 7.96. The van der Waals surface area contributed by atoms with Crippen LogP contribution in [0, 0.1) is 0 Å². The summed E-state index contributed by atoms with van der Waals surface area (Å²) in [5.41, 5.74) is 5.89. The van der Waals surface area contributed by atoms with Gasteiger partial charge in [-0.05, 0) is 25.0 Å². The van der Waals surface area contributed by atoms with Gasteiger partial charge in [-0.3, -0.25) is 4.90 Å². The maximum atomic E-state index is 5.89. The number of thioether (sulfide) groups is 1. The first kappa shape index (κ1) is 14.9. The molecule has 2 atom stereocenters. The molecule has 0 aliphatic carbocycles. The second-order valence-corrected chi connectivity index (χ2v) is 6.14. The predicted molar refractivity (Wildman–Crippen MR) is 81.6 cm³/mol. The smallest absolute Gasteiger partial charge is 0.0599 e. The van der Waals surface area contributed by atoms with E-state index in [0.29, 0.717) is 12.1 Å². The van der Waals surface area contributed by atoms with Crippen molar-refractivity contribution in [3.63, 3.8) is 0 Å². The lowest BCUT2D eigenvalue weighted by Crippen LogP contribution is -2.49. The quantitative estimate of drug-likeness (QED) is 0.811. The van der Waals surface area contributed by atoms with Gasteiger partial charge in [-0.25, -0.2) is 0 Å². The van der Waals surface area contributed by atoms with Gasteiger partial charge in [0.05, 0.1) is 6.10 Å². The van der Waals surface area contributed by atoms with Gasteiger partial charge in [0, 0.05) is 43.4 Å². The zero-order valence-electron chi connectivity index (χ0n) is 11.6. The van der Waals surface area contributed by atoms with E-state index in [4.69, 9.17) is 10.5 Å². The van der Waals surface area contributed by atoms with Crippen LogP contribution in [-0.4, -0.2) is 49.5 Å². The van der Waals surface area contributed by atoms with Crippen LogP contribution >= 0.6 is 11.8 Å². The lowest BCUT2D eigenvalue weighted by Gasteiger charge is -2.38. The molecule has 19 heavy (non-hydrogen) atoms. The number of hydrogen-bond acceptors (Lipinski definition) is 4. The second-order valence-electron chi connectivity index (χ2n) is 4.97. The molecular formula is C15H24N2OS. The summed E-state index contributed by atoms with van der Waals surface area (Å²) in [6.07, 6.45) is 2.60. The lowest BCUT2D eigenvalue weighted by atomic mass is 9.99. The van der Waals surface area contributed by atoms with Crippen LogP contribution in [0.2, 0.25) is 0 Å². The molecule has 2 N–H and O–H groups in total. The summed E-state index contributed by atoms with van der Waals surface area (Å²) in [4.78, 5) is 3.87. The molecule has 0 aromatic heterocycles. The Balaban J connectivity index is 1.76. The van der Waals surface area contributed by atoms with Crippen LogP contribution in [0.1, 0.15) is 12.8 Å². The predicted octanol–water partition coefficient (Wildman–Crippen LogP) is 2.22. The van der Waals surface area contributed by atoms with Gasteiger partial charge in [-0.1, -0.05) is 18.2 Å². The van der Waals surface area contributed by atoms with E-state index < -0.39 is 0 Å². The first-order valence-electron chi connectivity index (χ1n) is 6.98. The number of methoxy groups -OCH3 is 1. The van der Waals surface area contributed by atoms with Crippen LogP contribution in [0.5, 0.6) is 0 Å². The summed E-state index contributed by atoms with van der Waals surface area (Å²) in [6.45, 7) is 2.95. The molecule has 2 rings (SSSR count). The van der Waals surface area contributed by atoms with Gasteiger partial charge in [0.2, 0.25) is 0 Å². The third kappa shape index (κ3) is 4.49. The van der Waals surface area contributed by atoms with E-state index in [1.807, 2.05) is 11.8 Å². The average Bonchev–Trinajstić information content (AvgIpc) is 2.48. The molecule has 106 valence electrons. The zero-order valence-corrected chi connectivity index (χ0v) is 12.4. The zero-order chi connectivity index (χ0) is 13.5. The highest BCUT2D eigenvalue weighted by molar-refractivity contribution is 7.99. The molecule has 1 fully saturated rings. The molecule has 3 nitrogen and oxygen atoms in total. The topological polar surface area (TPSA) is 38.5 Å². The number of ether oxygens (including phenoxy) is 1. The highest BCUT2D eigenvalue weighted by Gasteiger charge is 2.26. The van der Waals surface area contributed by atoms with Crippen LogP contribution < -0.4 is 5.73 Å². The van der Waals surface area contributed by atoms with Crippen molar-refractivity contribution in [1.29, 1.82) is 0 Å². The molecule has 0 spiro atoms. The minimum atomic E-state index is 0.395. The Morgan fingerprint density at radius 2 is 2.16 bits per heavy atom. The fraction of sp³-hybridized carbons (Fsp3) is 0.600. The van der Waals surface area contributed by atoms with Gasteiger partial charge in [0.25, 0.3) is 0 Å². The first-order chi connectivity index (χ1) is 9.33. The lowest BCUT2D eigenvalue weighted by molar-refractivity contribution is 0.0158. The molecule has 1 saturated heterocycles. The highest BCUT2D eigenvalue weighted by Crippen LogP contribution is 2.21. The van der Waals surface area contributed by atoms with Gasteiger partial charge in [0.15, 0.2) is 0 Å². The third-order valence-electron chi connectivity index (χ3n) is 3.79. The largest absolute Gasteiger partial charge is 0.381 e. The highest BCUT2D eigenvalue weighted by atomic mass is 32.2. The number of rotatable bonds is 6. The molecule has 1 heterocycles. The summed E-state index contributed by atoms with van der Waals surface area (Å²) >= 11 is 1.92. The summed E-state index contributed by atoms with van der Waals surface area (Å²) in [5, 5.41) is 0. The van der Waals surface area contributed by atoms with Crippen LogP contribution in [0.25, 0.3) is 0 Å². The molecule has 0 bridgehead atoms. The van der Waals surface area contributed by atoms with Crippen molar-refractivity contribution in [1.82, 2.24) is 4.90 Å². The summed E-state index contributed by atoms with van der Waals surface area (Å²) in [6, 6.07) is 11.1. The number of likely N-dealkylation sites (tertiary alicyclic amines) is 1. The maximum Gasteiger partial charge on any atom is 0.0599 e. The monoisotopic (exact) mass is 280 g/mol. The maximum absolute atomic E-state index is 5.89. The molecule has 0 saturated carbocycles. The minimum absolute atomic E-state index is 0.395. The van der Waals surface area contributed by atoms with Crippen molar-refractivity contribution in [2.24, 2.45) is 5.73 Å². The number of benzene rings is 1. The van der Waals surface area contributed by atoms with E-state index >= 15 is 0 Å². The molecule has 2 unspecified atom stereocenters. The summed E-state index contributed by atoms with van der Waals surface area (Å²) in [7, 11) is 1.80.